The fraction of sp³-hybridized carbons (Fsp3) is 0.407. The summed E-state index contributed by atoms with van der Waals surface area (Å²) in [6.45, 7) is 5.25. The van der Waals surface area contributed by atoms with Gasteiger partial charge in [-0.2, -0.15) is 0 Å². The van der Waals surface area contributed by atoms with Gasteiger partial charge in [0, 0.05) is 30.8 Å². The minimum absolute atomic E-state index is 0.0705. The zero-order valence-corrected chi connectivity index (χ0v) is 20.9. The van der Waals surface area contributed by atoms with Crippen LogP contribution in [0.15, 0.2) is 48.0 Å². The number of thiazole rings is 1. The number of benzene rings is 2. The molecule has 1 unspecified atom stereocenters. The molecule has 2 aromatic carbocycles. The normalized spacial score (nSPS) is 16.3. The third-order valence-electron chi connectivity index (χ3n) is 6.57. The molecule has 2 N–H and O–H groups in total. The second kappa shape index (κ2) is 10.7. The number of piperidine rings is 1. The highest BCUT2D eigenvalue weighted by molar-refractivity contribution is 7.16. The molecule has 184 valence electrons. The molecule has 4 rings (SSSR count). The lowest BCUT2D eigenvalue weighted by molar-refractivity contribution is -0.130. The summed E-state index contributed by atoms with van der Waals surface area (Å²) in [5, 5.41) is 13.9. The molecular weight excluding hydrogens is 462 g/mol. The fourth-order valence-electron chi connectivity index (χ4n) is 4.82. The van der Waals surface area contributed by atoms with Gasteiger partial charge in [-0.3, -0.25) is 14.4 Å². The van der Waals surface area contributed by atoms with Crippen LogP contribution in [-0.4, -0.2) is 57.7 Å². The SMILES string of the molecule is CC(C)CC1(O)CCN(C(=O)c2ccc(NC(Cc3cccc4scnc34)C(=O)C=O)cc2)CC1. The number of hydrogen-bond donors (Lipinski definition) is 2. The van der Waals surface area contributed by atoms with E-state index in [1.807, 2.05) is 18.2 Å². The van der Waals surface area contributed by atoms with E-state index in [1.165, 1.54) is 11.3 Å². The summed E-state index contributed by atoms with van der Waals surface area (Å²) in [6.07, 6.45) is 2.57. The highest BCUT2D eigenvalue weighted by Crippen LogP contribution is 2.29. The number of fused-ring (bicyclic) bond motifs is 1. The van der Waals surface area contributed by atoms with Crippen molar-refractivity contribution in [1.29, 1.82) is 0 Å². The van der Waals surface area contributed by atoms with Crippen molar-refractivity contribution in [3.8, 4) is 0 Å². The van der Waals surface area contributed by atoms with Crippen molar-refractivity contribution in [2.24, 2.45) is 5.92 Å². The molecule has 1 aliphatic rings. The molecule has 0 spiro atoms. The van der Waals surface area contributed by atoms with Crippen molar-refractivity contribution in [3.63, 3.8) is 0 Å². The van der Waals surface area contributed by atoms with Crippen molar-refractivity contribution in [1.82, 2.24) is 9.88 Å². The molecule has 0 radical (unpaired) electrons. The molecule has 2 heterocycles. The summed E-state index contributed by atoms with van der Waals surface area (Å²) < 4.78 is 1.03. The molecule has 8 heteroatoms. The van der Waals surface area contributed by atoms with E-state index in [-0.39, 0.29) is 5.91 Å². The number of anilines is 1. The van der Waals surface area contributed by atoms with Gasteiger partial charge >= 0.3 is 0 Å². The monoisotopic (exact) mass is 493 g/mol. The highest BCUT2D eigenvalue weighted by atomic mass is 32.1. The Morgan fingerprint density at radius 3 is 2.54 bits per heavy atom. The Morgan fingerprint density at radius 2 is 1.89 bits per heavy atom. The van der Waals surface area contributed by atoms with Crippen LogP contribution >= 0.6 is 11.3 Å². The van der Waals surface area contributed by atoms with Crippen molar-refractivity contribution in [2.75, 3.05) is 18.4 Å². The van der Waals surface area contributed by atoms with Crippen LogP contribution in [0.4, 0.5) is 5.69 Å². The summed E-state index contributed by atoms with van der Waals surface area (Å²) in [5.41, 5.74) is 4.01. The van der Waals surface area contributed by atoms with E-state index in [2.05, 4.69) is 24.1 Å². The number of para-hydroxylation sites is 1. The van der Waals surface area contributed by atoms with Gasteiger partial charge in [0.05, 0.1) is 27.4 Å². The maximum Gasteiger partial charge on any atom is 0.253 e. The van der Waals surface area contributed by atoms with Crippen LogP contribution in [0.2, 0.25) is 0 Å². The topological polar surface area (TPSA) is 99.6 Å². The number of ketones is 1. The van der Waals surface area contributed by atoms with Gasteiger partial charge in [-0.1, -0.05) is 26.0 Å². The Kier molecular flexibility index (Phi) is 7.62. The Labute approximate surface area is 209 Å². The summed E-state index contributed by atoms with van der Waals surface area (Å²) in [5.74, 6) is -0.204. The number of Topliss-reactive ketones (excluding diaryl/α,β-unsaturated/α-hetero) is 1. The minimum Gasteiger partial charge on any atom is -0.390 e. The van der Waals surface area contributed by atoms with E-state index < -0.39 is 17.4 Å². The van der Waals surface area contributed by atoms with Crippen LogP contribution in [-0.2, 0) is 16.0 Å². The molecule has 1 fully saturated rings. The number of aromatic nitrogens is 1. The molecule has 0 bridgehead atoms. The quantitative estimate of drug-likeness (QED) is 0.344. The number of nitrogens with one attached hydrogen (secondary N) is 1. The Morgan fingerprint density at radius 1 is 1.17 bits per heavy atom. The standard InChI is InChI=1S/C27H31N3O4S/c1-18(2)15-27(34)10-12-30(13-11-27)26(33)19-6-8-21(9-7-19)29-22(23(32)16-31)14-20-4-3-5-24-25(20)28-17-35-24/h3-9,16-18,22,29,34H,10-15H2,1-2H3. The molecule has 7 nitrogen and oxygen atoms in total. The van der Waals surface area contributed by atoms with Gasteiger partial charge in [-0.05, 0) is 61.1 Å². The molecule has 1 saturated heterocycles. The van der Waals surface area contributed by atoms with Gasteiger partial charge < -0.3 is 15.3 Å². The van der Waals surface area contributed by atoms with Gasteiger partial charge in [0.25, 0.3) is 5.91 Å². The van der Waals surface area contributed by atoms with E-state index in [0.29, 0.717) is 55.8 Å². The highest BCUT2D eigenvalue weighted by Gasteiger charge is 2.34. The maximum atomic E-state index is 13.0. The van der Waals surface area contributed by atoms with Gasteiger partial charge in [-0.25, -0.2) is 4.98 Å². The van der Waals surface area contributed by atoms with Crippen LogP contribution in [0.5, 0.6) is 0 Å². The van der Waals surface area contributed by atoms with E-state index >= 15 is 0 Å². The zero-order valence-electron chi connectivity index (χ0n) is 20.1. The lowest BCUT2D eigenvalue weighted by atomic mass is 9.84. The Balaban J connectivity index is 1.41. The van der Waals surface area contributed by atoms with Crippen molar-refractivity contribution in [2.45, 2.75) is 51.2 Å². The largest absolute Gasteiger partial charge is 0.390 e. The number of carbonyl (C=O) groups is 3. The molecule has 0 saturated carbocycles. The number of aldehydes is 1. The zero-order chi connectivity index (χ0) is 25.0. The third kappa shape index (κ3) is 5.94. The fourth-order valence-corrected chi connectivity index (χ4v) is 5.54. The number of likely N-dealkylation sites (tertiary alicyclic amines) is 1. The second-order valence-corrected chi connectivity index (χ2v) is 10.6. The number of amides is 1. The lowest BCUT2D eigenvalue weighted by Crippen LogP contribution is -2.47. The van der Waals surface area contributed by atoms with Crippen LogP contribution in [0, 0.1) is 5.92 Å². The Hall–Kier alpha value is -3.10. The van der Waals surface area contributed by atoms with Gasteiger partial charge in [0.1, 0.15) is 0 Å². The smallest absolute Gasteiger partial charge is 0.253 e. The molecule has 3 aromatic rings. The van der Waals surface area contributed by atoms with Crippen LogP contribution in [0.3, 0.4) is 0 Å². The van der Waals surface area contributed by atoms with Crippen LogP contribution < -0.4 is 5.32 Å². The number of rotatable bonds is 9. The number of hydrogen-bond acceptors (Lipinski definition) is 7. The Bertz CT molecular complexity index is 1200. The molecular formula is C27H31N3O4S. The predicted molar refractivity (Wildman–Crippen MR) is 138 cm³/mol. The summed E-state index contributed by atoms with van der Waals surface area (Å²) in [4.78, 5) is 42.8. The van der Waals surface area contributed by atoms with E-state index in [4.69, 9.17) is 0 Å². The minimum atomic E-state index is -0.734. The van der Waals surface area contributed by atoms with Gasteiger partial charge in [0.15, 0.2) is 6.29 Å². The second-order valence-electron chi connectivity index (χ2n) is 9.73. The maximum absolute atomic E-state index is 13.0. The summed E-state index contributed by atoms with van der Waals surface area (Å²) in [6, 6.07) is 12.0. The summed E-state index contributed by atoms with van der Waals surface area (Å²) >= 11 is 1.53. The summed E-state index contributed by atoms with van der Waals surface area (Å²) in [7, 11) is 0. The lowest BCUT2D eigenvalue weighted by Gasteiger charge is -2.39. The van der Waals surface area contributed by atoms with E-state index in [9.17, 15) is 19.5 Å². The average molecular weight is 494 g/mol. The van der Waals surface area contributed by atoms with Gasteiger partial charge in [0.2, 0.25) is 5.78 Å². The van der Waals surface area contributed by atoms with E-state index in [0.717, 1.165) is 22.2 Å². The van der Waals surface area contributed by atoms with Crippen LogP contribution in [0.25, 0.3) is 10.2 Å². The first-order valence-electron chi connectivity index (χ1n) is 12.0. The molecule has 1 amide bonds. The molecule has 1 atom stereocenters. The molecule has 1 aliphatic heterocycles. The number of nitrogens with zero attached hydrogens (tertiary/aromatic N) is 2. The van der Waals surface area contributed by atoms with Crippen molar-refractivity contribution < 1.29 is 19.5 Å². The van der Waals surface area contributed by atoms with E-state index in [1.54, 1.807) is 34.7 Å². The van der Waals surface area contributed by atoms with Crippen molar-refractivity contribution in [3.05, 3.63) is 59.1 Å². The van der Waals surface area contributed by atoms with Gasteiger partial charge in [-0.15, -0.1) is 11.3 Å². The molecule has 35 heavy (non-hydrogen) atoms. The first-order valence-corrected chi connectivity index (χ1v) is 12.8. The first kappa shape index (κ1) is 25.0. The number of aliphatic hydroxyl groups is 1. The van der Waals surface area contributed by atoms with Crippen LogP contribution in [0.1, 0.15) is 49.0 Å². The average Bonchev–Trinajstić information content (AvgIpc) is 3.33. The molecule has 0 aliphatic carbocycles. The predicted octanol–water partition coefficient (Wildman–Crippen LogP) is 4.10. The third-order valence-corrected chi connectivity index (χ3v) is 7.36. The first-order chi connectivity index (χ1) is 16.8. The number of carbonyl (C=O) groups excluding carboxylic acids is 3. The molecule has 1 aromatic heterocycles. The van der Waals surface area contributed by atoms with Crippen molar-refractivity contribution >= 4 is 45.2 Å².